The van der Waals surface area contributed by atoms with Gasteiger partial charge in [0.15, 0.2) is 0 Å². The van der Waals surface area contributed by atoms with Crippen LogP contribution < -0.4 is 10.6 Å². The Morgan fingerprint density at radius 2 is 1.88 bits per heavy atom. The van der Waals surface area contributed by atoms with E-state index in [0.717, 1.165) is 12.1 Å². The van der Waals surface area contributed by atoms with Gasteiger partial charge in [-0.25, -0.2) is 4.79 Å². The van der Waals surface area contributed by atoms with Gasteiger partial charge in [0.05, 0.1) is 6.10 Å². The number of carbonyl (C=O) groups is 1. The van der Waals surface area contributed by atoms with Crippen molar-refractivity contribution < 1.29 is 9.90 Å². The summed E-state index contributed by atoms with van der Waals surface area (Å²) in [6.07, 6.45) is 5.48. The number of hydrogen-bond donors (Lipinski definition) is 3. The highest BCUT2D eigenvalue weighted by atomic mass is 16.3. The van der Waals surface area contributed by atoms with E-state index in [-0.39, 0.29) is 12.1 Å². The molecule has 1 atom stereocenters. The van der Waals surface area contributed by atoms with E-state index in [9.17, 15) is 9.90 Å². The van der Waals surface area contributed by atoms with Crippen LogP contribution in [0.25, 0.3) is 0 Å². The molecule has 1 unspecified atom stereocenters. The number of amides is 2. The molecule has 5 heteroatoms. The van der Waals surface area contributed by atoms with Crippen LogP contribution in [0.2, 0.25) is 0 Å². The molecule has 0 aromatic heterocycles. The molecule has 0 bridgehead atoms. The molecule has 1 saturated heterocycles. The summed E-state index contributed by atoms with van der Waals surface area (Å²) in [5, 5.41) is 14.8. The molecule has 2 amide bonds. The predicted octanol–water partition coefficient (Wildman–Crippen LogP) is 2.63. The summed E-state index contributed by atoms with van der Waals surface area (Å²) in [4.78, 5) is 14.3. The van der Waals surface area contributed by atoms with Crippen molar-refractivity contribution in [3.8, 4) is 0 Å². The van der Waals surface area contributed by atoms with Gasteiger partial charge in [-0.2, -0.15) is 0 Å². The SMILES string of the molecule is CC(O)CCNC(=O)NCc1cccc(CN2CCCCCC2)c1. The highest BCUT2D eigenvalue weighted by Gasteiger charge is 2.09. The zero-order chi connectivity index (χ0) is 17.2. The normalized spacial score (nSPS) is 17.1. The summed E-state index contributed by atoms with van der Waals surface area (Å²) in [5.74, 6) is 0. The minimum Gasteiger partial charge on any atom is -0.393 e. The van der Waals surface area contributed by atoms with Crippen LogP contribution in [0.15, 0.2) is 24.3 Å². The maximum Gasteiger partial charge on any atom is 0.315 e. The zero-order valence-corrected chi connectivity index (χ0v) is 14.8. The molecule has 24 heavy (non-hydrogen) atoms. The molecule has 0 aliphatic carbocycles. The van der Waals surface area contributed by atoms with Crippen LogP contribution in [0, 0.1) is 0 Å². The van der Waals surface area contributed by atoms with Gasteiger partial charge in [0.25, 0.3) is 0 Å². The van der Waals surface area contributed by atoms with E-state index in [1.165, 1.54) is 44.3 Å². The third-order valence-corrected chi connectivity index (χ3v) is 4.40. The number of urea groups is 1. The number of carbonyl (C=O) groups excluding carboxylic acids is 1. The monoisotopic (exact) mass is 333 g/mol. The molecule has 134 valence electrons. The molecule has 0 saturated carbocycles. The molecule has 0 radical (unpaired) electrons. The molecule has 5 nitrogen and oxygen atoms in total. The van der Waals surface area contributed by atoms with E-state index < -0.39 is 0 Å². The van der Waals surface area contributed by atoms with E-state index >= 15 is 0 Å². The van der Waals surface area contributed by atoms with Crippen LogP contribution in [0.3, 0.4) is 0 Å². The van der Waals surface area contributed by atoms with Gasteiger partial charge in [-0.1, -0.05) is 37.1 Å². The van der Waals surface area contributed by atoms with Crippen LogP contribution >= 0.6 is 0 Å². The van der Waals surface area contributed by atoms with Gasteiger partial charge >= 0.3 is 6.03 Å². The lowest BCUT2D eigenvalue weighted by molar-refractivity contribution is 0.183. The minimum atomic E-state index is -0.388. The van der Waals surface area contributed by atoms with Crippen molar-refractivity contribution in [2.75, 3.05) is 19.6 Å². The Balaban J connectivity index is 1.76. The summed E-state index contributed by atoms with van der Waals surface area (Å²) in [6, 6.07) is 8.27. The lowest BCUT2D eigenvalue weighted by Gasteiger charge is -2.20. The zero-order valence-electron chi connectivity index (χ0n) is 14.8. The number of benzene rings is 1. The quantitative estimate of drug-likeness (QED) is 0.719. The summed E-state index contributed by atoms with van der Waals surface area (Å²) in [7, 11) is 0. The third kappa shape index (κ3) is 7.32. The van der Waals surface area contributed by atoms with Gasteiger partial charge in [-0.05, 0) is 50.4 Å². The second-order valence-corrected chi connectivity index (χ2v) is 6.76. The third-order valence-electron chi connectivity index (χ3n) is 4.40. The molecule has 0 spiro atoms. The number of aliphatic hydroxyl groups excluding tert-OH is 1. The van der Waals surface area contributed by atoms with Gasteiger partial charge in [0.2, 0.25) is 0 Å². The molecule has 3 N–H and O–H groups in total. The summed E-state index contributed by atoms with van der Waals surface area (Å²) >= 11 is 0. The Morgan fingerprint density at radius 3 is 2.58 bits per heavy atom. The highest BCUT2D eigenvalue weighted by Crippen LogP contribution is 2.14. The second-order valence-electron chi connectivity index (χ2n) is 6.76. The maximum atomic E-state index is 11.7. The van der Waals surface area contributed by atoms with Gasteiger partial charge in [0.1, 0.15) is 0 Å². The van der Waals surface area contributed by atoms with E-state index in [0.29, 0.717) is 19.5 Å². The van der Waals surface area contributed by atoms with Crippen molar-refractivity contribution in [3.05, 3.63) is 35.4 Å². The summed E-state index contributed by atoms with van der Waals surface area (Å²) < 4.78 is 0. The molecule has 1 aliphatic rings. The Bertz CT molecular complexity index is 497. The molecule has 1 aliphatic heterocycles. The van der Waals surface area contributed by atoms with Crippen molar-refractivity contribution in [2.24, 2.45) is 0 Å². The van der Waals surface area contributed by atoms with E-state index in [4.69, 9.17) is 0 Å². The van der Waals surface area contributed by atoms with Crippen LogP contribution in [-0.2, 0) is 13.1 Å². The topological polar surface area (TPSA) is 64.6 Å². The number of nitrogens with one attached hydrogen (secondary N) is 2. The van der Waals surface area contributed by atoms with Gasteiger partial charge < -0.3 is 15.7 Å². The van der Waals surface area contributed by atoms with Crippen LogP contribution in [0.4, 0.5) is 4.79 Å². The largest absolute Gasteiger partial charge is 0.393 e. The fourth-order valence-corrected chi connectivity index (χ4v) is 3.03. The molecule has 1 aromatic rings. The summed E-state index contributed by atoms with van der Waals surface area (Å²) in [6.45, 7) is 6.10. The highest BCUT2D eigenvalue weighted by molar-refractivity contribution is 5.73. The number of rotatable bonds is 7. The fourth-order valence-electron chi connectivity index (χ4n) is 3.03. The van der Waals surface area contributed by atoms with Crippen molar-refractivity contribution in [1.82, 2.24) is 15.5 Å². The lowest BCUT2D eigenvalue weighted by Crippen LogP contribution is -2.36. The molecular weight excluding hydrogens is 302 g/mol. The molecule has 1 aromatic carbocycles. The molecule has 2 rings (SSSR count). The van der Waals surface area contributed by atoms with Crippen LogP contribution in [0.1, 0.15) is 50.2 Å². The molecular formula is C19H31N3O2. The average molecular weight is 333 g/mol. The average Bonchev–Trinajstić information content (AvgIpc) is 2.82. The lowest BCUT2D eigenvalue weighted by atomic mass is 10.1. The van der Waals surface area contributed by atoms with Crippen LogP contribution in [0.5, 0.6) is 0 Å². The first-order valence-electron chi connectivity index (χ1n) is 9.13. The first-order chi connectivity index (χ1) is 11.6. The maximum absolute atomic E-state index is 11.7. The Hall–Kier alpha value is -1.59. The number of hydrogen-bond acceptors (Lipinski definition) is 3. The van der Waals surface area contributed by atoms with Crippen molar-refractivity contribution in [2.45, 2.75) is 58.2 Å². The van der Waals surface area contributed by atoms with Crippen molar-refractivity contribution >= 4 is 6.03 Å². The minimum absolute atomic E-state index is 0.187. The standard InChI is InChI=1S/C19H31N3O2/c1-16(23)9-10-20-19(24)21-14-17-7-6-8-18(13-17)15-22-11-4-2-3-5-12-22/h6-8,13,16,23H,2-5,9-12,14-15H2,1H3,(H2,20,21,24). The van der Waals surface area contributed by atoms with Gasteiger partial charge in [-0.3, -0.25) is 4.90 Å². The Labute approximate surface area is 145 Å². The number of likely N-dealkylation sites (tertiary alicyclic amines) is 1. The predicted molar refractivity (Wildman–Crippen MR) is 96.7 cm³/mol. The number of nitrogens with zero attached hydrogens (tertiary/aromatic N) is 1. The van der Waals surface area contributed by atoms with E-state index in [1.807, 2.05) is 6.07 Å². The van der Waals surface area contributed by atoms with Gasteiger partial charge in [-0.15, -0.1) is 0 Å². The van der Waals surface area contributed by atoms with Crippen molar-refractivity contribution in [3.63, 3.8) is 0 Å². The summed E-state index contributed by atoms with van der Waals surface area (Å²) in [5.41, 5.74) is 2.43. The molecule has 1 fully saturated rings. The first kappa shape index (κ1) is 18.7. The molecule has 1 heterocycles. The van der Waals surface area contributed by atoms with Crippen LogP contribution in [-0.4, -0.2) is 41.8 Å². The smallest absolute Gasteiger partial charge is 0.315 e. The van der Waals surface area contributed by atoms with E-state index in [2.05, 4.69) is 33.7 Å². The second kappa shape index (κ2) is 10.3. The fraction of sp³-hybridized carbons (Fsp3) is 0.632. The Kier molecular flexibility index (Phi) is 8.05. The van der Waals surface area contributed by atoms with Gasteiger partial charge in [0, 0.05) is 19.6 Å². The first-order valence-corrected chi connectivity index (χ1v) is 9.13. The van der Waals surface area contributed by atoms with Crippen molar-refractivity contribution in [1.29, 1.82) is 0 Å². The van der Waals surface area contributed by atoms with E-state index in [1.54, 1.807) is 6.92 Å². The Morgan fingerprint density at radius 1 is 1.17 bits per heavy atom. The number of aliphatic hydroxyl groups is 1.